The Kier molecular flexibility index (Phi) is 9.36. The topological polar surface area (TPSA) is 9.23 Å². The van der Waals surface area contributed by atoms with Crippen LogP contribution < -0.4 is 21.7 Å². The number of ether oxygens (including phenoxy) is 1. The standard InChI is InChI=1S/C7H7OS.BrH.Mg/c1-8-6-2-4-7(9)5-3-6;;/h2-5,9H,1H2;1H;/q-1;;+2/p-1. The molecule has 0 radical (unpaired) electrons. The van der Waals surface area contributed by atoms with E-state index in [0.29, 0.717) is 0 Å². The molecule has 0 saturated heterocycles. The summed E-state index contributed by atoms with van der Waals surface area (Å²) in [6.07, 6.45) is 0. The van der Waals surface area contributed by atoms with E-state index in [9.17, 15) is 0 Å². The molecule has 0 aliphatic rings. The van der Waals surface area contributed by atoms with Gasteiger partial charge >= 0.3 is 23.1 Å². The second kappa shape index (κ2) is 7.28. The molecule has 0 unspecified atom stereocenters. The quantitative estimate of drug-likeness (QED) is 0.369. The van der Waals surface area contributed by atoms with E-state index in [4.69, 9.17) is 0 Å². The van der Waals surface area contributed by atoms with Crippen molar-refractivity contribution in [2.75, 3.05) is 0 Å². The molecule has 1 aromatic rings. The van der Waals surface area contributed by atoms with E-state index in [1.807, 2.05) is 24.3 Å². The van der Waals surface area contributed by atoms with Crippen LogP contribution in [0.15, 0.2) is 29.2 Å². The van der Waals surface area contributed by atoms with Gasteiger partial charge in [0, 0.05) is 4.90 Å². The largest absolute Gasteiger partial charge is 2.00 e. The fourth-order valence-corrected chi connectivity index (χ4v) is 0.691. The number of benzene rings is 1. The fraction of sp³-hybridized carbons (Fsp3) is 0. The SMILES string of the molecule is [Br-].[CH2-]Oc1ccc(S)cc1.[Mg+2]. The Morgan fingerprint density at radius 1 is 1.18 bits per heavy atom. The minimum absolute atomic E-state index is 0. The van der Waals surface area contributed by atoms with E-state index < -0.39 is 0 Å². The van der Waals surface area contributed by atoms with Gasteiger partial charge in [0.05, 0.1) is 5.75 Å². The van der Waals surface area contributed by atoms with Gasteiger partial charge in [-0.05, 0) is 24.3 Å². The van der Waals surface area contributed by atoms with Crippen molar-refractivity contribution in [3.05, 3.63) is 31.4 Å². The van der Waals surface area contributed by atoms with Crippen LogP contribution in [0, 0.1) is 7.11 Å². The van der Waals surface area contributed by atoms with Crippen molar-refractivity contribution in [3.8, 4) is 5.75 Å². The Hall–Kier alpha value is 0.616. The van der Waals surface area contributed by atoms with E-state index in [-0.39, 0.29) is 40.0 Å². The normalized spacial score (nSPS) is 7.45. The predicted octanol–water partition coefficient (Wildman–Crippen LogP) is -1.23. The number of halogens is 1. The maximum atomic E-state index is 4.69. The molecule has 0 atom stereocenters. The summed E-state index contributed by atoms with van der Waals surface area (Å²) in [5, 5.41) is 0. The summed E-state index contributed by atoms with van der Waals surface area (Å²) in [7, 11) is 3.26. The molecule has 1 rings (SSSR count). The van der Waals surface area contributed by atoms with E-state index in [1.165, 1.54) is 0 Å². The fourth-order valence-electron chi connectivity index (χ4n) is 0.542. The van der Waals surface area contributed by atoms with E-state index in [1.54, 1.807) is 0 Å². The Balaban J connectivity index is 0. The summed E-state index contributed by atoms with van der Waals surface area (Å²) in [4.78, 5) is 0.927. The van der Waals surface area contributed by atoms with Crippen LogP contribution in [-0.2, 0) is 0 Å². The predicted molar refractivity (Wildman–Crippen MR) is 45.4 cm³/mol. The minimum atomic E-state index is 0. The maximum absolute atomic E-state index is 4.69. The van der Waals surface area contributed by atoms with Crippen LogP contribution in [0.2, 0.25) is 0 Å². The first-order valence-electron chi connectivity index (χ1n) is 2.54. The molecule has 56 valence electrons. The average Bonchev–Trinajstić information content (AvgIpc) is 1.90. The summed E-state index contributed by atoms with van der Waals surface area (Å²) in [6.45, 7) is 0. The van der Waals surface area contributed by atoms with E-state index in [0.717, 1.165) is 10.6 Å². The Bertz CT molecular complexity index is 190. The van der Waals surface area contributed by atoms with Crippen molar-refractivity contribution in [2.45, 2.75) is 4.90 Å². The van der Waals surface area contributed by atoms with Crippen molar-refractivity contribution < 1.29 is 21.7 Å². The molecule has 0 spiro atoms. The summed E-state index contributed by atoms with van der Waals surface area (Å²) < 4.78 is 4.69. The third-order valence-corrected chi connectivity index (χ3v) is 1.30. The molecule has 0 aromatic heterocycles. The Labute approximate surface area is 98.8 Å². The minimum Gasteiger partial charge on any atom is -1.00 e. The Morgan fingerprint density at radius 2 is 1.64 bits per heavy atom. The van der Waals surface area contributed by atoms with Gasteiger partial charge in [0.15, 0.2) is 0 Å². The van der Waals surface area contributed by atoms with Crippen LogP contribution in [0.5, 0.6) is 5.75 Å². The molecule has 0 saturated carbocycles. The molecule has 0 heterocycles. The van der Waals surface area contributed by atoms with Crippen LogP contribution in [0.4, 0.5) is 0 Å². The number of hydrogen-bond donors (Lipinski definition) is 1. The van der Waals surface area contributed by atoms with Gasteiger partial charge in [-0.3, -0.25) is 0 Å². The summed E-state index contributed by atoms with van der Waals surface area (Å²) >= 11 is 4.09. The maximum Gasteiger partial charge on any atom is 2.00 e. The third kappa shape index (κ3) is 4.95. The van der Waals surface area contributed by atoms with Crippen LogP contribution in [-0.4, -0.2) is 23.1 Å². The first-order valence-corrected chi connectivity index (χ1v) is 2.98. The Morgan fingerprint density at radius 3 is 2.00 bits per heavy atom. The zero-order chi connectivity index (χ0) is 6.69. The van der Waals surface area contributed by atoms with Crippen molar-refractivity contribution >= 4 is 35.7 Å². The zero-order valence-electron chi connectivity index (χ0n) is 5.96. The van der Waals surface area contributed by atoms with Crippen LogP contribution in [0.3, 0.4) is 0 Å². The first kappa shape index (κ1) is 14.2. The summed E-state index contributed by atoms with van der Waals surface area (Å²) in [6, 6.07) is 7.33. The second-order valence-electron chi connectivity index (χ2n) is 1.64. The van der Waals surface area contributed by atoms with Gasteiger partial charge in [-0.2, -0.15) is 7.11 Å². The molecule has 0 N–H and O–H groups in total. The molecule has 0 fully saturated rings. The first-order chi connectivity index (χ1) is 4.33. The summed E-state index contributed by atoms with van der Waals surface area (Å²) in [5.74, 6) is 0.757. The smallest absolute Gasteiger partial charge is 1.00 e. The molecule has 4 heteroatoms. The van der Waals surface area contributed by atoms with Crippen molar-refractivity contribution in [2.24, 2.45) is 0 Å². The van der Waals surface area contributed by atoms with E-state index in [2.05, 4.69) is 24.5 Å². The average molecular weight is 243 g/mol. The second-order valence-corrected chi connectivity index (χ2v) is 2.15. The molecule has 1 aromatic carbocycles. The third-order valence-electron chi connectivity index (χ3n) is 1.00. The molecular formula is C7H7BrMgOS. The van der Waals surface area contributed by atoms with Gasteiger partial charge in [-0.25, -0.2) is 0 Å². The molecule has 1 nitrogen and oxygen atoms in total. The van der Waals surface area contributed by atoms with Crippen molar-refractivity contribution in [1.82, 2.24) is 0 Å². The number of rotatable bonds is 1. The molecule has 0 aliphatic carbocycles. The van der Waals surface area contributed by atoms with Gasteiger partial charge in [-0.1, -0.05) is 0 Å². The van der Waals surface area contributed by atoms with Gasteiger partial charge in [0.25, 0.3) is 0 Å². The molecular weight excluding hydrogens is 236 g/mol. The molecule has 0 aliphatic heterocycles. The van der Waals surface area contributed by atoms with Gasteiger partial charge in [0.1, 0.15) is 0 Å². The van der Waals surface area contributed by atoms with Gasteiger partial charge < -0.3 is 21.7 Å². The number of thiol groups is 1. The molecule has 0 amide bonds. The van der Waals surface area contributed by atoms with Crippen molar-refractivity contribution in [1.29, 1.82) is 0 Å². The van der Waals surface area contributed by atoms with Gasteiger partial charge in [0.2, 0.25) is 0 Å². The van der Waals surface area contributed by atoms with Crippen LogP contribution in [0.25, 0.3) is 0 Å². The number of hydrogen-bond acceptors (Lipinski definition) is 2. The van der Waals surface area contributed by atoms with Gasteiger partial charge in [-0.15, -0.1) is 12.6 Å². The summed E-state index contributed by atoms with van der Waals surface area (Å²) in [5.41, 5.74) is 0. The van der Waals surface area contributed by atoms with Crippen molar-refractivity contribution in [3.63, 3.8) is 0 Å². The zero-order valence-corrected chi connectivity index (χ0v) is 9.85. The van der Waals surface area contributed by atoms with Crippen LogP contribution in [0.1, 0.15) is 0 Å². The molecule has 11 heavy (non-hydrogen) atoms. The van der Waals surface area contributed by atoms with Crippen LogP contribution >= 0.6 is 12.6 Å². The monoisotopic (exact) mass is 242 g/mol. The van der Waals surface area contributed by atoms with E-state index >= 15 is 0 Å². The molecule has 0 bridgehead atoms.